The lowest BCUT2D eigenvalue weighted by molar-refractivity contribution is 0.0602. The number of piperazine rings is 1. The van der Waals surface area contributed by atoms with Crippen LogP contribution in [-0.4, -0.2) is 42.4 Å². The highest BCUT2D eigenvalue weighted by atomic mass is 35.5. The number of Topliss-reactive ketones (excluding diaryl/α,β-unsaturated/α-hetero) is 1. The van der Waals surface area contributed by atoms with Crippen LogP contribution in [0.1, 0.15) is 24.2 Å². The van der Waals surface area contributed by atoms with Crippen molar-refractivity contribution in [2.75, 3.05) is 26.2 Å². The largest absolute Gasteiger partial charge is 0.314 e. The number of hydrogen-bond acceptors (Lipinski definition) is 3. The Morgan fingerprint density at radius 1 is 1.28 bits per heavy atom. The molecule has 1 aliphatic rings. The predicted octanol–water partition coefficient (Wildman–Crippen LogP) is 2.21. The van der Waals surface area contributed by atoms with Crippen LogP contribution >= 0.6 is 11.6 Å². The minimum absolute atomic E-state index is 0.0926. The van der Waals surface area contributed by atoms with Crippen molar-refractivity contribution in [1.29, 1.82) is 0 Å². The maximum absolute atomic E-state index is 12.6. The lowest BCUT2D eigenvalue weighted by Crippen LogP contribution is -2.57. The first kappa shape index (κ1) is 13.5. The summed E-state index contributed by atoms with van der Waals surface area (Å²) in [5.74, 6) is 0.0926. The maximum atomic E-state index is 12.6. The molecule has 0 aromatic heterocycles. The third kappa shape index (κ3) is 2.58. The van der Waals surface area contributed by atoms with Gasteiger partial charge in [-0.25, -0.2) is 0 Å². The monoisotopic (exact) mass is 266 g/mol. The van der Waals surface area contributed by atoms with Crippen LogP contribution in [0, 0.1) is 0 Å². The van der Waals surface area contributed by atoms with E-state index in [2.05, 4.69) is 10.2 Å². The molecule has 18 heavy (non-hydrogen) atoms. The zero-order valence-electron chi connectivity index (χ0n) is 10.9. The SMILES string of the molecule is CC(C)(C(=O)c1ccccc1Cl)N1CCNCC1. The fraction of sp³-hybridized carbons (Fsp3) is 0.500. The van der Waals surface area contributed by atoms with E-state index in [9.17, 15) is 4.79 Å². The topological polar surface area (TPSA) is 32.3 Å². The third-order valence-electron chi connectivity index (χ3n) is 3.58. The lowest BCUT2D eigenvalue weighted by atomic mass is 9.90. The Bertz CT molecular complexity index is 439. The molecule has 0 spiro atoms. The number of halogens is 1. The van der Waals surface area contributed by atoms with Crippen molar-refractivity contribution in [1.82, 2.24) is 10.2 Å². The van der Waals surface area contributed by atoms with E-state index >= 15 is 0 Å². The van der Waals surface area contributed by atoms with E-state index in [1.165, 1.54) is 0 Å². The highest BCUT2D eigenvalue weighted by Gasteiger charge is 2.36. The Morgan fingerprint density at radius 2 is 1.89 bits per heavy atom. The molecule has 2 rings (SSSR count). The molecule has 1 fully saturated rings. The molecule has 0 unspecified atom stereocenters. The molecule has 0 saturated carbocycles. The molecule has 98 valence electrons. The van der Waals surface area contributed by atoms with Crippen molar-refractivity contribution in [3.05, 3.63) is 34.9 Å². The molecule has 0 bridgehead atoms. The highest BCUT2D eigenvalue weighted by molar-refractivity contribution is 6.34. The van der Waals surface area contributed by atoms with Crippen molar-refractivity contribution < 1.29 is 4.79 Å². The summed E-state index contributed by atoms with van der Waals surface area (Å²) < 4.78 is 0. The van der Waals surface area contributed by atoms with E-state index in [1.54, 1.807) is 12.1 Å². The number of ketones is 1. The van der Waals surface area contributed by atoms with Gasteiger partial charge in [-0.05, 0) is 26.0 Å². The van der Waals surface area contributed by atoms with E-state index in [0.717, 1.165) is 26.2 Å². The molecule has 0 aliphatic carbocycles. The summed E-state index contributed by atoms with van der Waals surface area (Å²) in [6.07, 6.45) is 0. The number of rotatable bonds is 3. The Labute approximate surface area is 113 Å². The summed E-state index contributed by atoms with van der Waals surface area (Å²) in [7, 11) is 0. The van der Waals surface area contributed by atoms with Crippen LogP contribution in [-0.2, 0) is 0 Å². The molecule has 4 heteroatoms. The van der Waals surface area contributed by atoms with E-state index in [0.29, 0.717) is 10.6 Å². The van der Waals surface area contributed by atoms with Crippen LogP contribution in [0.3, 0.4) is 0 Å². The standard InChI is InChI=1S/C14H19ClN2O/c1-14(2,17-9-7-16-8-10-17)13(18)11-5-3-4-6-12(11)15/h3-6,16H,7-10H2,1-2H3. The molecule has 1 aliphatic heterocycles. The molecule has 1 aromatic carbocycles. The van der Waals surface area contributed by atoms with E-state index in [-0.39, 0.29) is 5.78 Å². The van der Waals surface area contributed by atoms with Crippen LogP contribution in [0.15, 0.2) is 24.3 Å². The molecule has 1 aromatic rings. The Morgan fingerprint density at radius 3 is 2.50 bits per heavy atom. The number of carbonyl (C=O) groups is 1. The van der Waals surface area contributed by atoms with Crippen molar-refractivity contribution in [3.63, 3.8) is 0 Å². The number of nitrogens with zero attached hydrogens (tertiary/aromatic N) is 1. The Balaban J connectivity index is 2.24. The van der Waals surface area contributed by atoms with Gasteiger partial charge in [0.25, 0.3) is 0 Å². The Hall–Kier alpha value is -0.900. The van der Waals surface area contributed by atoms with Crippen molar-refractivity contribution in [2.45, 2.75) is 19.4 Å². The molecular weight excluding hydrogens is 248 g/mol. The average Bonchev–Trinajstić information content (AvgIpc) is 2.39. The second-order valence-electron chi connectivity index (χ2n) is 5.11. The molecule has 1 heterocycles. The molecular formula is C14H19ClN2O. The Kier molecular flexibility index (Phi) is 4.05. The second kappa shape index (κ2) is 5.39. The lowest BCUT2D eigenvalue weighted by Gasteiger charge is -2.40. The molecule has 0 atom stereocenters. The smallest absolute Gasteiger partial charge is 0.183 e. The van der Waals surface area contributed by atoms with Crippen LogP contribution in [0.4, 0.5) is 0 Å². The van der Waals surface area contributed by atoms with Gasteiger partial charge in [0.1, 0.15) is 0 Å². The predicted molar refractivity (Wildman–Crippen MR) is 74.3 cm³/mol. The highest BCUT2D eigenvalue weighted by Crippen LogP contribution is 2.25. The van der Waals surface area contributed by atoms with Gasteiger partial charge in [-0.1, -0.05) is 23.7 Å². The fourth-order valence-electron chi connectivity index (χ4n) is 2.34. The summed E-state index contributed by atoms with van der Waals surface area (Å²) in [4.78, 5) is 14.9. The summed E-state index contributed by atoms with van der Waals surface area (Å²) in [6, 6.07) is 7.27. The zero-order valence-corrected chi connectivity index (χ0v) is 11.6. The molecule has 0 radical (unpaired) electrons. The summed E-state index contributed by atoms with van der Waals surface area (Å²) in [6.45, 7) is 7.60. The molecule has 0 amide bonds. The van der Waals surface area contributed by atoms with Crippen molar-refractivity contribution in [3.8, 4) is 0 Å². The summed E-state index contributed by atoms with van der Waals surface area (Å²) in [5, 5.41) is 3.83. The molecule has 1 N–H and O–H groups in total. The van der Waals surface area contributed by atoms with Gasteiger partial charge in [0, 0.05) is 31.7 Å². The molecule has 1 saturated heterocycles. The zero-order chi connectivity index (χ0) is 13.2. The van der Waals surface area contributed by atoms with E-state index < -0.39 is 5.54 Å². The van der Waals surface area contributed by atoms with Crippen molar-refractivity contribution in [2.24, 2.45) is 0 Å². The number of benzene rings is 1. The average molecular weight is 267 g/mol. The van der Waals surface area contributed by atoms with Gasteiger partial charge in [0.05, 0.1) is 10.6 Å². The van der Waals surface area contributed by atoms with Gasteiger partial charge < -0.3 is 5.32 Å². The van der Waals surface area contributed by atoms with Gasteiger partial charge >= 0.3 is 0 Å². The number of hydrogen-bond donors (Lipinski definition) is 1. The van der Waals surface area contributed by atoms with E-state index in [4.69, 9.17) is 11.6 Å². The van der Waals surface area contributed by atoms with Gasteiger partial charge in [-0.15, -0.1) is 0 Å². The first-order valence-corrected chi connectivity index (χ1v) is 6.66. The number of carbonyl (C=O) groups excluding carboxylic acids is 1. The summed E-state index contributed by atoms with van der Waals surface area (Å²) >= 11 is 6.11. The van der Waals surface area contributed by atoms with Gasteiger partial charge in [-0.3, -0.25) is 9.69 Å². The minimum Gasteiger partial charge on any atom is -0.314 e. The van der Waals surface area contributed by atoms with Gasteiger partial charge in [-0.2, -0.15) is 0 Å². The first-order valence-electron chi connectivity index (χ1n) is 6.28. The van der Waals surface area contributed by atoms with Crippen LogP contribution in [0.5, 0.6) is 0 Å². The van der Waals surface area contributed by atoms with Crippen LogP contribution < -0.4 is 5.32 Å². The van der Waals surface area contributed by atoms with Crippen LogP contribution in [0.2, 0.25) is 5.02 Å². The third-order valence-corrected chi connectivity index (χ3v) is 3.91. The molecule has 3 nitrogen and oxygen atoms in total. The van der Waals surface area contributed by atoms with Gasteiger partial charge in [0.2, 0.25) is 0 Å². The minimum atomic E-state index is -0.507. The number of nitrogens with one attached hydrogen (secondary N) is 1. The fourth-order valence-corrected chi connectivity index (χ4v) is 2.56. The first-order chi connectivity index (χ1) is 8.53. The maximum Gasteiger partial charge on any atom is 0.183 e. The second-order valence-corrected chi connectivity index (χ2v) is 5.51. The normalized spacial score (nSPS) is 17.7. The van der Waals surface area contributed by atoms with Gasteiger partial charge in [0.15, 0.2) is 5.78 Å². The van der Waals surface area contributed by atoms with Crippen molar-refractivity contribution >= 4 is 17.4 Å². The quantitative estimate of drug-likeness (QED) is 0.852. The summed E-state index contributed by atoms with van der Waals surface area (Å²) in [5.41, 5.74) is 0.107. The van der Waals surface area contributed by atoms with Crippen LogP contribution in [0.25, 0.3) is 0 Å². The van der Waals surface area contributed by atoms with E-state index in [1.807, 2.05) is 26.0 Å².